The summed E-state index contributed by atoms with van der Waals surface area (Å²) in [5, 5.41) is 0. The Morgan fingerprint density at radius 2 is 1.38 bits per heavy atom. The van der Waals surface area contributed by atoms with Crippen LogP contribution in [-0.4, -0.2) is 11.9 Å². The first-order chi connectivity index (χ1) is 12.6. The summed E-state index contributed by atoms with van der Waals surface area (Å²) in [6.45, 7) is 4.02. The van der Waals surface area contributed by atoms with Gasteiger partial charge in [-0.25, -0.2) is 4.79 Å². The first kappa shape index (κ1) is 19.4. The van der Waals surface area contributed by atoms with Crippen molar-refractivity contribution in [1.29, 1.82) is 0 Å². The van der Waals surface area contributed by atoms with Crippen LogP contribution in [0.1, 0.15) is 37.8 Å². The zero-order chi connectivity index (χ0) is 18.8. The number of aryl methyl sites for hydroxylation is 2. The number of benzene rings is 2. The molecule has 2 aromatic carbocycles. The first-order valence-corrected chi connectivity index (χ1v) is 8.88. The molecule has 0 N–H and O–H groups in total. The molecule has 4 heteroatoms. The molecule has 0 bridgehead atoms. The van der Waals surface area contributed by atoms with Crippen LogP contribution >= 0.6 is 0 Å². The number of ether oxygens (including phenoxy) is 2. The predicted octanol–water partition coefficient (Wildman–Crippen LogP) is 4.66. The van der Waals surface area contributed by atoms with Crippen molar-refractivity contribution >= 4 is 11.9 Å². The summed E-state index contributed by atoms with van der Waals surface area (Å²) in [5.74, 6) is 0.399. The number of carbonyl (C=O) groups is 2. The summed E-state index contributed by atoms with van der Waals surface area (Å²) in [6, 6.07) is 14.9. The van der Waals surface area contributed by atoms with Gasteiger partial charge in [-0.2, -0.15) is 0 Å². The van der Waals surface area contributed by atoms with Gasteiger partial charge in [0.05, 0.1) is 0 Å². The molecule has 0 amide bonds. The van der Waals surface area contributed by atoms with E-state index in [0.29, 0.717) is 17.9 Å². The Balaban J connectivity index is 1.79. The zero-order valence-electron chi connectivity index (χ0n) is 15.2. The molecule has 0 aromatic heterocycles. The van der Waals surface area contributed by atoms with E-state index < -0.39 is 5.97 Å². The Hall–Kier alpha value is -2.88. The van der Waals surface area contributed by atoms with Gasteiger partial charge >= 0.3 is 11.9 Å². The second-order valence-electron chi connectivity index (χ2n) is 5.76. The van der Waals surface area contributed by atoms with Gasteiger partial charge in [-0.05, 0) is 42.5 Å². The van der Waals surface area contributed by atoms with Gasteiger partial charge in [0.1, 0.15) is 11.5 Å². The molecule has 0 unspecified atom stereocenters. The van der Waals surface area contributed by atoms with Crippen LogP contribution < -0.4 is 9.47 Å². The van der Waals surface area contributed by atoms with E-state index in [1.807, 2.05) is 50.2 Å². The van der Waals surface area contributed by atoms with Crippen molar-refractivity contribution in [3.8, 4) is 11.5 Å². The molecule has 0 heterocycles. The molecule has 0 saturated carbocycles. The maximum absolute atomic E-state index is 11.9. The fourth-order valence-corrected chi connectivity index (χ4v) is 2.49. The van der Waals surface area contributed by atoms with E-state index in [9.17, 15) is 9.59 Å². The third-order valence-corrected chi connectivity index (χ3v) is 3.91. The molecule has 2 rings (SSSR count). The number of carbonyl (C=O) groups excluding carboxylic acids is 2. The number of hydrogen-bond donors (Lipinski definition) is 0. The lowest BCUT2D eigenvalue weighted by atomic mass is 10.1. The molecule has 4 nitrogen and oxygen atoms in total. The number of esters is 2. The summed E-state index contributed by atoms with van der Waals surface area (Å²) in [7, 11) is 0. The maximum atomic E-state index is 11.9. The highest BCUT2D eigenvalue weighted by Gasteiger charge is 2.08. The third-order valence-electron chi connectivity index (χ3n) is 3.91. The first-order valence-electron chi connectivity index (χ1n) is 8.88. The summed E-state index contributed by atoms with van der Waals surface area (Å²) >= 11 is 0. The smallest absolute Gasteiger partial charge is 0.335 e. The quantitative estimate of drug-likeness (QED) is 0.394. The second kappa shape index (κ2) is 10.2. The van der Waals surface area contributed by atoms with Crippen molar-refractivity contribution in [3.63, 3.8) is 0 Å². The monoisotopic (exact) mass is 352 g/mol. The average molecular weight is 352 g/mol. The van der Waals surface area contributed by atoms with E-state index in [-0.39, 0.29) is 12.4 Å². The van der Waals surface area contributed by atoms with Crippen molar-refractivity contribution in [2.45, 2.75) is 39.5 Å². The topological polar surface area (TPSA) is 52.6 Å². The van der Waals surface area contributed by atoms with E-state index in [4.69, 9.17) is 9.47 Å². The minimum absolute atomic E-state index is 0.202. The van der Waals surface area contributed by atoms with Crippen LogP contribution in [0, 0.1) is 0 Å². The van der Waals surface area contributed by atoms with Gasteiger partial charge in [-0.1, -0.05) is 56.3 Å². The highest BCUT2D eigenvalue weighted by Crippen LogP contribution is 2.20. The van der Waals surface area contributed by atoms with Gasteiger partial charge in [-0.15, -0.1) is 0 Å². The van der Waals surface area contributed by atoms with Crippen molar-refractivity contribution in [1.82, 2.24) is 0 Å². The Morgan fingerprint density at radius 1 is 0.846 bits per heavy atom. The lowest BCUT2D eigenvalue weighted by Gasteiger charge is -2.07. The molecule has 0 aliphatic rings. The van der Waals surface area contributed by atoms with Crippen molar-refractivity contribution in [2.24, 2.45) is 0 Å². The van der Waals surface area contributed by atoms with Crippen molar-refractivity contribution in [2.75, 3.05) is 0 Å². The van der Waals surface area contributed by atoms with Gasteiger partial charge in [0, 0.05) is 12.5 Å². The number of para-hydroxylation sites is 2. The van der Waals surface area contributed by atoms with Gasteiger partial charge in [0.25, 0.3) is 0 Å². The average Bonchev–Trinajstić information content (AvgIpc) is 2.66. The fraction of sp³-hybridized carbons (Fsp3) is 0.273. The summed E-state index contributed by atoms with van der Waals surface area (Å²) in [6.07, 6.45) is 5.18. The normalized spacial score (nSPS) is 10.7. The van der Waals surface area contributed by atoms with Crippen molar-refractivity contribution in [3.05, 3.63) is 71.8 Å². The molecular weight excluding hydrogens is 328 g/mol. The molecule has 136 valence electrons. The maximum Gasteiger partial charge on any atom is 0.335 e. The molecule has 2 aromatic rings. The van der Waals surface area contributed by atoms with E-state index in [2.05, 4.69) is 0 Å². The highest BCUT2D eigenvalue weighted by atomic mass is 16.5. The minimum Gasteiger partial charge on any atom is -0.426 e. The van der Waals surface area contributed by atoms with E-state index in [1.165, 1.54) is 6.08 Å². The molecule has 0 spiro atoms. The molecule has 0 aliphatic carbocycles. The van der Waals surface area contributed by atoms with Crippen molar-refractivity contribution < 1.29 is 19.1 Å². The molecule has 0 radical (unpaired) electrons. The number of rotatable bonds is 8. The fourth-order valence-electron chi connectivity index (χ4n) is 2.49. The zero-order valence-corrected chi connectivity index (χ0v) is 15.2. The molecule has 0 aliphatic heterocycles. The van der Waals surface area contributed by atoms with E-state index >= 15 is 0 Å². The summed E-state index contributed by atoms with van der Waals surface area (Å²) < 4.78 is 10.7. The summed E-state index contributed by atoms with van der Waals surface area (Å²) in [4.78, 5) is 23.8. The standard InChI is InChI=1S/C22H24O4/c1-3-17-11-5-7-13-19(17)25-21(23)15-9-10-16-22(24)26-20-14-8-6-12-18(20)4-2/h5-9,11-15H,3-4,10,16H2,1-2H3. The van der Waals surface area contributed by atoms with E-state index in [1.54, 1.807) is 18.2 Å². The molecule has 0 fully saturated rings. The van der Waals surface area contributed by atoms with Gasteiger partial charge in [0.15, 0.2) is 0 Å². The van der Waals surface area contributed by atoms with Crippen LogP contribution in [0.4, 0.5) is 0 Å². The van der Waals surface area contributed by atoms with Crippen LogP contribution in [0.25, 0.3) is 0 Å². The van der Waals surface area contributed by atoms with Crippen LogP contribution in [0.5, 0.6) is 11.5 Å². The summed E-state index contributed by atoms with van der Waals surface area (Å²) in [5.41, 5.74) is 1.97. The van der Waals surface area contributed by atoms with Gasteiger partial charge < -0.3 is 9.47 Å². The van der Waals surface area contributed by atoms with Gasteiger partial charge in [0.2, 0.25) is 0 Å². The SMILES string of the molecule is CCc1ccccc1OC(=O)C=CCCC(=O)Oc1ccccc1CC. The largest absolute Gasteiger partial charge is 0.426 e. The Kier molecular flexibility index (Phi) is 7.62. The molecular formula is C22H24O4. The van der Waals surface area contributed by atoms with Crippen LogP contribution in [-0.2, 0) is 22.4 Å². The Morgan fingerprint density at radius 3 is 1.96 bits per heavy atom. The van der Waals surface area contributed by atoms with Crippen LogP contribution in [0.15, 0.2) is 60.7 Å². The lowest BCUT2D eigenvalue weighted by molar-refractivity contribution is -0.134. The third kappa shape index (κ3) is 5.88. The van der Waals surface area contributed by atoms with E-state index in [0.717, 1.165) is 24.0 Å². The molecule has 26 heavy (non-hydrogen) atoms. The lowest BCUT2D eigenvalue weighted by Crippen LogP contribution is -2.09. The highest BCUT2D eigenvalue weighted by molar-refractivity contribution is 5.84. The Labute approximate surface area is 154 Å². The number of allylic oxidation sites excluding steroid dienone is 1. The molecule has 0 atom stereocenters. The minimum atomic E-state index is -0.449. The van der Waals surface area contributed by atoms with Crippen LogP contribution in [0.3, 0.4) is 0 Å². The Bertz CT molecular complexity index is 777. The molecule has 0 saturated heterocycles. The number of hydrogen-bond acceptors (Lipinski definition) is 4. The second-order valence-corrected chi connectivity index (χ2v) is 5.76. The van der Waals surface area contributed by atoms with Gasteiger partial charge in [-0.3, -0.25) is 4.79 Å². The van der Waals surface area contributed by atoms with Crippen LogP contribution in [0.2, 0.25) is 0 Å². The predicted molar refractivity (Wildman–Crippen MR) is 101 cm³/mol.